The van der Waals surface area contributed by atoms with Crippen molar-refractivity contribution in [2.75, 3.05) is 27.9 Å². The van der Waals surface area contributed by atoms with Crippen LogP contribution >= 0.6 is 0 Å². The highest BCUT2D eigenvalue weighted by Gasteiger charge is 2.18. The molecule has 0 bridgehead atoms. The predicted molar refractivity (Wildman–Crippen MR) is 99.7 cm³/mol. The number of methoxy groups -OCH3 is 3. The minimum Gasteiger partial charge on any atom is -0.493 e. The van der Waals surface area contributed by atoms with E-state index in [1.54, 1.807) is 27.5 Å². The molecule has 1 atom stereocenters. The molecule has 0 aliphatic carbocycles. The Balaban J connectivity index is 2.15. The SMILES string of the molecule is COc1cc(C(CCN)CCCc2cccnc2)cc(OC)c1OC. The van der Waals surface area contributed by atoms with Gasteiger partial charge in [-0.25, -0.2) is 0 Å². The molecule has 2 N–H and O–H groups in total. The summed E-state index contributed by atoms with van der Waals surface area (Å²) in [4.78, 5) is 4.17. The highest BCUT2D eigenvalue weighted by atomic mass is 16.5. The van der Waals surface area contributed by atoms with E-state index in [2.05, 4.69) is 11.1 Å². The smallest absolute Gasteiger partial charge is 0.203 e. The van der Waals surface area contributed by atoms with Gasteiger partial charge in [-0.2, -0.15) is 0 Å². The summed E-state index contributed by atoms with van der Waals surface area (Å²) in [6, 6.07) is 8.16. The van der Waals surface area contributed by atoms with Gasteiger partial charge in [0.1, 0.15) is 0 Å². The lowest BCUT2D eigenvalue weighted by molar-refractivity contribution is 0.323. The molecule has 1 aromatic heterocycles. The van der Waals surface area contributed by atoms with E-state index in [4.69, 9.17) is 19.9 Å². The number of ether oxygens (including phenoxy) is 3. The van der Waals surface area contributed by atoms with Crippen molar-refractivity contribution in [1.82, 2.24) is 4.98 Å². The zero-order valence-electron chi connectivity index (χ0n) is 15.3. The average molecular weight is 344 g/mol. The fourth-order valence-electron chi connectivity index (χ4n) is 3.11. The Morgan fingerprint density at radius 2 is 1.76 bits per heavy atom. The van der Waals surface area contributed by atoms with Crippen LogP contribution in [0.4, 0.5) is 0 Å². The van der Waals surface area contributed by atoms with Crippen molar-refractivity contribution in [1.29, 1.82) is 0 Å². The fourth-order valence-corrected chi connectivity index (χ4v) is 3.11. The summed E-state index contributed by atoms with van der Waals surface area (Å²) in [5, 5.41) is 0. The molecule has 1 aromatic carbocycles. The van der Waals surface area contributed by atoms with Gasteiger partial charge in [-0.1, -0.05) is 6.07 Å². The topological polar surface area (TPSA) is 66.6 Å². The maximum Gasteiger partial charge on any atom is 0.203 e. The van der Waals surface area contributed by atoms with Gasteiger partial charge in [-0.15, -0.1) is 0 Å². The third-order valence-corrected chi connectivity index (χ3v) is 4.41. The van der Waals surface area contributed by atoms with Crippen molar-refractivity contribution in [3.05, 3.63) is 47.8 Å². The molecule has 5 heteroatoms. The predicted octanol–water partition coefficient (Wildman–Crippen LogP) is 3.56. The van der Waals surface area contributed by atoms with Crippen LogP contribution in [0.25, 0.3) is 0 Å². The van der Waals surface area contributed by atoms with Crippen molar-refractivity contribution in [2.45, 2.75) is 31.6 Å². The molecule has 0 spiro atoms. The molecule has 0 fully saturated rings. The lowest BCUT2D eigenvalue weighted by atomic mass is 9.89. The minimum absolute atomic E-state index is 0.357. The zero-order chi connectivity index (χ0) is 18.1. The van der Waals surface area contributed by atoms with Gasteiger partial charge in [0.25, 0.3) is 0 Å². The van der Waals surface area contributed by atoms with E-state index in [-0.39, 0.29) is 0 Å². The Bertz CT molecular complexity index is 622. The van der Waals surface area contributed by atoms with Crippen molar-refractivity contribution in [2.24, 2.45) is 5.73 Å². The van der Waals surface area contributed by atoms with Gasteiger partial charge in [0, 0.05) is 12.4 Å². The quantitative estimate of drug-likeness (QED) is 0.714. The molecule has 1 heterocycles. The Kier molecular flexibility index (Phi) is 7.54. The number of nitrogens with two attached hydrogens (primary N) is 1. The maximum atomic E-state index is 5.85. The molecule has 136 valence electrons. The fraction of sp³-hybridized carbons (Fsp3) is 0.450. The molecule has 1 unspecified atom stereocenters. The molecule has 0 saturated carbocycles. The van der Waals surface area contributed by atoms with E-state index in [9.17, 15) is 0 Å². The molecule has 0 saturated heterocycles. The molecule has 5 nitrogen and oxygen atoms in total. The summed E-state index contributed by atoms with van der Waals surface area (Å²) in [5.74, 6) is 2.35. The first kappa shape index (κ1) is 19.1. The number of aryl methyl sites for hydroxylation is 1. The Morgan fingerprint density at radius 3 is 2.28 bits per heavy atom. The van der Waals surface area contributed by atoms with E-state index in [0.717, 1.165) is 25.7 Å². The second-order valence-corrected chi connectivity index (χ2v) is 5.99. The van der Waals surface area contributed by atoms with Gasteiger partial charge < -0.3 is 19.9 Å². The maximum absolute atomic E-state index is 5.85. The summed E-state index contributed by atoms with van der Waals surface area (Å²) in [6.07, 6.45) is 7.79. The zero-order valence-corrected chi connectivity index (χ0v) is 15.3. The number of nitrogens with zero attached hydrogens (tertiary/aromatic N) is 1. The first-order chi connectivity index (χ1) is 12.2. The van der Waals surface area contributed by atoms with Gasteiger partial charge >= 0.3 is 0 Å². The lowest BCUT2D eigenvalue weighted by Gasteiger charge is -2.20. The third kappa shape index (κ3) is 5.10. The lowest BCUT2D eigenvalue weighted by Crippen LogP contribution is -2.09. The normalized spacial score (nSPS) is 11.8. The molecule has 25 heavy (non-hydrogen) atoms. The molecule has 0 aliphatic heterocycles. The molecular formula is C20H28N2O3. The van der Waals surface area contributed by atoms with Gasteiger partial charge in [0.15, 0.2) is 11.5 Å². The van der Waals surface area contributed by atoms with Crippen LogP contribution < -0.4 is 19.9 Å². The van der Waals surface area contributed by atoms with E-state index < -0.39 is 0 Å². The van der Waals surface area contributed by atoms with Crippen LogP contribution in [-0.4, -0.2) is 32.9 Å². The number of aromatic nitrogens is 1. The van der Waals surface area contributed by atoms with Crippen LogP contribution in [0.1, 0.15) is 36.3 Å². The minimum atomic E-state index is 0.357. The van der Waals surface area contributed by atoms with E-state index in [1.807, 2.05) is 24.4 Å². The molecule has 0 aliphatic rings. The van der Waals surface area contributed by atoms with Crippen LogP contribution in [0, 0.1) is 0 Å². The Hall–Kier alpha value is -2.27. The van der Waals surface area contributed by atoms with Crippen molar-refractivity contribution < 1.29 is 14.2 Å². The molecule has 2 aromatic rings. The standard InChI is InChI=1S/C20H28N2O3/c1-23-18-12-17(13-19(24-2)20(18)25-3)16(9-10-21)8-4-6-15-7-5-11-22-14-15/h5,7,11-14,16H,4,6,8-10,21H2,1-3H3. The molecule has 2 rings (SSSR count). The summed E-state index contributed by atoms with van der Waals surface area (Å²) in [6.45, 7) is 0.647. The van der Waals surface area contributed by atoms with Crippen molar-refractivity contribution in [3.63, 3.8) is 0 Å². The van der Waals surface area contributed by atoms with Crippen LogP contribution in [0.2, 0.25) is 0 Å². The van der Waals surface area contributed by atoms with Crippen LogP contribution in [0.5, 0.6) is 17.2 Å². The van der Waals surface area contributed by atoms with Crippen LogP contribution in [0.3, 0.4) is 0 Å². The first-order valence-electron chi connectivity index (χ1n) is 8.62. The number of benzene rings is 1. The van der Waals surface area contributed by atoms with E-state index >= 15 is 0 Å². The number of pyridine rings is 1. The summed E-state index contributed by atoms with van der Waals surface area (Å²) < 4.78 is 16.4. The monoisotopic (exact) mass is 344 g/mol. The van der Waals surface area contributed by atoms with Gasteiger partial charge in [-0.05, 0) is 67.5 Å². The van der Waals surface area contributed by atoms with Crippen molar-refractivity contribution in [3.8, 4) is 17.2 Å². The second kappa shape index (κ2) is 9.89. The van der Waals surface area contributed by atoms with Crippen LogP contribution in [-0.2, 0) is 6.42 Å². The summed E-state index contributed by atoms with van der Waals surface area (Å²) in [7, 11) is 4.90. The average Bonchev–Trinajstić information content (AvgIpc) is 2.66. The number of rotatable bonds is 10. The van der Waals surface area contributed by atoms with Gasteiger partial charge in [-0.3, -0.25) is 4.98 Å². The van der Waals surface area contributed by atoms with Gasteiger partial charge in [0.05, 0.1) is 21.3 Å². The second-order valence-electron chi connectivity index (χ2n) is 5.99. The molecule has 0 amide bonds. The largest absolute Gasteiger partial charge is 0.493 e. The Morgan fingerprint density at radius 1 is 1.04 bits per heavy atom. The third-order valence-electron chi connectivity index (χ3n) is 4.41. The first-order valence-corrected chi connectivity index (χ1v) is 8.62. The Labute approximate surface area is 150 Å². The highest BCUT2D eigenvalue weighted by molar-refractivity contribution is 5.54. The van der Waals surface area contributed by atoms with E-state index in [1.165, 1.54) is 11.1 Å². The summed E-state index contributed by atoms with van der Waals surface area (Å²) >= 11 is 0. The highest BCUT2D eigenvalue weighted by Crippen LogP contribution is 2.41. The number of hydrogen-bond donors (Lipinski definition) is 1. The van der Waals surface area contributed by atoms with Crippen LogP contribution in [0.15, 0.2) is 36.7 Å². The number of hydrogen-bond acceptors (Lipinski definition) is 5. The van der Waals surface area contributed by atoms with E-state index in [0.29, 0.717) is 29.7 Å². The summed E-state index contributed by atoms with van der Waals surface area (Å²) in [5.41, 5.74) is 8.28. The molecular weight excluding hydrogens is 316 g/mol. The molecule has 0 radical (unpaired) electrons. The van der Waals surface area contributed by atoms with Crippen molar-refractivity contribution >= 4 is 0 Å². The van der Waals surface area contributed by atoms with Gasteiger partial charge in [0.2, 0.25) is 5.75 Å².